The van der Waals surface area contributed by atoms with E-state index >= 15 is 0 Å². The van der Waals surface area contributed by atoms with Gasteiger partial charge in [-0.05, 0) is 37.0 Å². The first-order valence-electron chi connectivity index (χ1n) is 7.63. The van der Waals surface area contributed by atoms with Crippen molar-refractivity contribution in [3.63, 3.8) is 0 Å². The Morgan fingerprint density at radius 2 is 1.56 bits per heavy atom. The normalized spacial score (nSPS) is 23.8. The molecule has 104 valence electrons. The highest BCUT2D eigenvalue weighted by Crippen LogP contribution is 2.41. The maximum atomic E-state index is 12.3. The van der Waals surface area contributed by atoms with Crippen molar-refractivity contribution in [2.75, 3.05) is 26.2 Å². The fourth-order valence-corrected chi connectivity index (χ4v) is 3.59. The lowest BCUT2D eigenvalue weighted by Crippen LogP contribution is -2.49. The van der Waals surface area contributed by atoms with Crippen LogP contribution in [0.1, 0.15) is 52.9 Å². The highest BCUT2D eigenvalue weighted by molar-refractivity contribution is 5.74. The van der Waals surface area contributed by atoms with Gasteiger partial charge in [0, 0.05) is 26.2 Å². The van der Waals surface area contributed by atoms with Crippen LogP contribution in [0, 0.1) is 11.3 Å². The summed E-state index contributed by atoms with van der Waals surface area (Å²) in [5.74, 6) is 0.728. The molecule has 2 amide bonds. The Kier molecular flexibility index (Phi) is 4.18. The molecule has 2 heterocycles. The van der Waals surface area contributed by atoms with Crippen molar-refractivity contribution in [2.24, 2.45) is 11.3 Å². The first-order valence-corrected chi connectivity index (χ1v) is 7.63. The molecule has 0 aromatic rings. The number of amides is 2. The van der Waals surface area contributed by atoms with E-state index < -0.39 is 0 Å². The van der Waals surface area contributed by atoms with Gasteiger partial charge >= 0.3 is 6.03 Å². The third-order valence-corrected chi connectivity index (χ3v) is 5.34. The maximum Gasteiger partial charge on any atom is 0.319 e. The van der Waals surface area contributed by atoms with Gasteiger partial charge in [0.25, 0.3) is 0 Å². The summed E-state index contributed by atoms with van der Waals surface area (Å²) in [5, 5.41) is 0. The summed E-state index contributed by atoms with van der Waals surface area (Å²) in [6, 6.07) is 0.293. The summed E-state index contributed by atoms with van der Waals surface area (Å²) in [6.45, 7) is 10.8. The Labute approximate surface area is 112 Å². The fraction of sp³-hybridized carbons (Fsp3) is 0.933. The predicted octanol–water partition coefficient (Wildman–Crippen LogP) is 3.35. The number of piperidine rings is 1. The quantitative estimate of drug-likeness (QED) is 0.739. The molecular weight excluding hydrogens is 224 g/mol. The van der Waals surface area contributed by atoms with E-state index in [2.05, 4.69) is 25.7 Å². The molecule has 0 radical (unpaired) electrons. The first-order chi connectivity index (χ1) is 8.59. The molecule has 0 aromatic heterocycles. The number of rotatable bonds is 2. The largest absolute Gasteiger partial charge is 0.325 e. The van der Waals surface area contributed by atoms with Crippen molar-refractivity contribution in [1.29, 1.82) is 0 Å². The number of hydrogen-bond donors (Lipinski definition) is 0. The molecule has 0 spiro atoms. The number of nitrogens with zero attached hydrogens (tertiary/aromatic N) is 2. The average molecular weight is 252 g/mol. The van der Waals surface area contributed by atoms with E-state index in [4.69, 9.17) is 0 Å². The summed E-state index contributed by atoms with van der Waals surface area (Å²) < 4.78 is 0. The van der Waals surface area contributed by atoms with Gasteiger partial charge in [-0.15, -0.1) is 0 Å². The van der Waals surface area contributed by atoms with Crippen LogP contribution < -0.4 is 0 Å². The van der Waals surface area contributed by atoms with Gasteiger partial charge in [-0.3, -0.25) is 0 Å². The first kappa shape index (κ1) is 13.7. The van der Waals surface area contributed by atoms with Crippen LogP contribution >= 0.6 is 0 Å². The van der Waals surface area contributed by atoms with E-state index in [0.29, 0.717) is 11.4 Å². The number of carbonyl (C=O) groups is 1. The standard InChI is InChI=1S/C15H28N2O/c1-4-15(13(2)3)7-11-17(12-8-15)14(18)16-9-5-6-10-16/h13H,4-12H2,1-3H3. The second-order valence-corrected chi connectivity index (χ2v) is 6.33. The molecule has 0 saturated carbocycles. The molecule has 0 atom stereocenters. The molecule has 0 N–H and O–H groups in total. The lowest BCUT2D eigenvalue weighted by molar-refractivity contribution is 0.0627. The summed E-state index contributed by atoms with van der Waals surface area (Å²) in [5.41, 5.74) is 0.474. The van der Waals surface area contributed by atoms with Gasteiger partial charge in [-0.25, -0.2) is 4.79 Å². The van der Waals surface area contributed by atoms with E-state index in [-0.39, 0.29) is 0 Å². The number of urea groups is 1. The van der Waals surface area contributed by atoms with E-state index in [0.717, 1.165) is 32.1 Å². The van der Waals surface area contributed by atoms with Crippen molar-refractivity contribution < 1.29 is 4.79 Å². The SMILES string of the molecule is CCC1(C(C)C)CCN(C(=O)N2CCCC2)CC1. The Balaban J connectivity index is 1.91. The van der Waals surface area contributed by atoms with Crippen LogP contribution in [-0.2, 0) is 0 Å². The minimum atomic E-state index is 0.293. The average Bonchev–Trinajstić information content (AvgIpc) is 2.91. The topological polar surface area (TPSA) is 23.6 Å². The van der Waals surface area contributed by atoms with Gasteiger partial charge in [-0.2, -0.15) is 0 Å². The van der Waals surface area contributed by atoms with Gasteiger partial charge in [0.05, 0.1) is 0 Å². The molecule has 2 saturated heterocycles. The smallest absolute Gasteiger partial charge is 0.319 e. The second-order valence-electron chi connectivity index (χ2n) is 6.33. The molecule has 0 bridgehead atoms. The van der Waals surface area contributed by atoms with E-state index in [1.807, 2.05) is 4.90 Å². The van der Waals surface area contributed by atoms with Crippen LogP contribution in [0.5, 0.6) is 0 Å². The summed E-state index contributed by atoms with van der Waals surface area (Å²) in [6.07, 6.45) is 5.98. The Bertz CT molecular complexity index is 287. The van der Waals surface area contributed by atoms with Crippen LogP contribution in [0.2, 0.25) is 0 Å². The lowest BCUT2D eigenvalue weighted by Gasteiger charge is -2.45. The minimum absolute atomic E-state index is 0.293. The molecule has 2 rings (SSSR count). The monoisotopic (exact) mass is 252 g/mol. The molecule has 3 heteroatoms. The van der Waals surface area contributed by atoms with Crippen molar-refractivity contribution in [1.82, 2.24) is 9.80 Å². The van der Waals surface area contributed by atoms with Crippen molar-refractivity contribution >= 4 is 6.03 Å². The van der Waals surface area contributed by atoms with Crippen LogP contribution in [0.25, 0.3) is 0 Å². The highest BCUT2D eigenvalue weighted by atomic mass is 16.2. The summed E-state index contributed by atoms with van der Waals surface area (Å²) >= 11 is 0. The maximum absolute atomic E-state index is 12.3. The lowest BCUT2D eigenvalue weighted by atomic mass is 9.68. The third kappa shape index (κ3) is 2.50. The second kappa shape index (κ2) is 5.50. The number of likely N-dealkylation sites (tertiary alicyclic amines) is 2. The van der Waals surface area contributed by atoms with Crippen LogP contribution in [0.3, 0.4) is 0 Å². The molecular formula is C15H28N2O. The molecule has 2 fully saturated rings. The Hall–Kier alpha value is -0.730. The zero-order valence-electron chi connectivity index (χ0n) is 12.2. The van der Waals surface area contributed by atoms with E-state index in [9.17, 15) is 4.79 Å². The van der Waals surface area contributed by atoms with Gasteiger partial charge in [0.2, 0.25) is 0 Å². The van der Waals surface area contributed by atoms with Crippen molar-refractivity contribution in [2.45, 2.75) is 52.9 Å². The van der Waals surface area contributed by atoms with Crippen molar-refractivity contribution in [3.8, 4) is 0 Å². The molecule has 2 aliphatic rings. The molecule has 0 aromatic carbocycles. The number of hydrogen-bond acceptors (Lipinski definition) is 1. The van der Waals surface area contributed by atoms with Gasteiger partial charge in [0.1, 0.15) is 0 Å². The predicted molar refractivity (Wildman–Crippen MR) is 74.6 cm³/mol. The molecule has 3 nitrogen and oxygen atoms in total. The van der Waals surface area contributed by atoms with Gasteiger partial charge < -0.3 is 9.80 Å². The van der Waals surface area contributed by atoms with E-state index in [1.54, 1.807) is 0 Å². The molecule has 0 unspecified atom stereocenters. The van der Waals surface area contributed by atoms with Crippen molar-refractivity contribution in [3.05, 3.63) is 0 Å². The summed E-state index contributed by atoms with van der Waals surface area (Å²) in [7, 11) is 0. The zero-order valence-corrected chi connectivity index (χ0v) is 12.2. The summed E-state index contributed by atoms with van der Waals surface area (Å²) in [4.78, 5) is 16.4. The molecule has 18 heavy (non-hydrogen) atoms. The van der Waals surface area contributed by atoms with Gasteiger partial charge in [0.15, 0.2) is 0 Å². The fourth-order valence-electron chi connectivity index (χ4n) is 3.59. The van der Waals surface area contributed by atoms with Gasteiger partial charge in [-0.1, -0.05) is 27.2 Å². The van der Waals surface area contributed by atoms with Crippen LogP contribution in [0.4, 0.5) is 4.79 Å². The van der Waals surface area contributed by atoms with E-state index in [1.165, 1.54) is 32.1 Å². The Morgan fingerprint density at radius 3 is 2.00 bits per heavy atom. The van der Waals surface area contributed by atoms with Crippen LogP contribution in [0.15, 0.2) is 0 Å². The highest BCUT2D eigenvalue weighted by Gasteiger charge is 2.37. The minimum Gasteiger partial charge on any atom is -0.325 e. The Morgan fingerprint density at radius 1 is 1.06 bits per heavy atom. The molecule has 0 aliphatic carbocycles. The third-order valence-electron chi connectivity index (χ3n) is 5.34. The van der Waals surface area contributed by atoms with Crippen LogP contribution in [-0.4, -0.2) is 42.0 Å². The number of carbonyl (C=O) groups excluding carboxylic acids is 1. The zero-order chi connectivity index (χ0) is 13.2. The molecule has 2 aliphatic heterocycles.